The van der Waals surface area contributed by atoms with Crippen LogP contribution in [-0.2, 0) is 5.41 Å². The Morgan fingerprint density at radius 3 is 2.64 bits per heavy atom. The first-order valence-electron chi connectivity index (χ1n) is 5.12. The zero-order valence-electron chi connectivity index (χ0n) is 8.96. The largest absolute Gasteiger partial charge is 0.329 e. The first kappa shape index (κ1) is 9.69. The number of nitrogens with zero attached hydrogens (tertiary/aromatic N) is 1. The van der Waals surface area contributed by atoms with Gasteiger partial charge in [0.05, 0.1) is 0 Å². The molecule has 1 fully saturated rings. The second-order valence-electron chi connectivity index (χ2n) is 4.53. The summed E-state index contributed by atoms with van der Waals surface area (Å²) in [6.07, 6.45) is 0. The molecule has 1 aromatic carbocycles. The van der Waals surface area contributed by atoms with Crippen molar-refractivity contribution >= 4 is 0 Å². The van der Waals surface area contributed by atoms with Gasteiger partial charge in [-0.05, 0) is 19.5 Å². The van der Waals surface area contributed by atoms with Gasteiger partial charge in [0.15, 0.2) is 0 Å². The van der Waals surface area contributed by atoms with Crippen LogP contribution in [0.15, 0.2) is 24.3 Å². The molecule has 0 radical (unpaired) electrons. The molecular weight excluding hydrogens is 172 g/mol. The van der Waals surface area contributed by atoms with Gasteiger partial charge in [0.2, 0.25) is 0 Å². The van der Waals surface area contributed by atoms with Crippen molar-refractivity contribution in [1.29, 1.82) is 0 Å². The Morgan fingerprint density at radius 1 is 1.43 bits per heavy atom. The van der Waals surface area contributed by atoms with E-state index in [1.807, 2.05) is 0 Å². The normalized spacial score (nSPS) is 20.5. The molecule has 2 N–H and O–H groups in total. The number of aryl methyl sites for hydroxylation is 1. The van der Waals surface area contributed by atoms with E-state index in [1.54, 1.807) is 0 Å². The highest BCUT2D eigenvalue weighted by atomic mass is 15.2. The van der Waals surface area contributed by atoms with E-state index in [0.717, 1.165) is 19.6 Å². The van der Waals surface area contributed by atoms with Gasteiger partial charge in [-0.3, -0.25) is 0 Å². The van der Waals surface area contributed by atoms with Crippen LogP contribution in [0.25, 0.3) is 0 Å². The van der Waals surface area contributed by atoms with Crippen molar-refractivity contribution in [3.63, 3.8) is 0 Å². The van der Waals surface area contributed by atoms with Gasteiger partial charge in [0, 0.05) is 25.0 Å². The summed E-state index contributed by atoms with van der Waals surface area (Å²) in [6, 6.07) is 8.73. The molecule has 2 nitrogen and oxygen atoms in total. The van der Waals surface area contributed by atoms with E-state index in [4.69, 9.17) is 5.73 Å². The van der Waals surface area contributed by atoms with Crippen molar-refractivity contribution in [3.05, 3.63) is 35.4 Å². The summed E-state index contributed by atoms with van der Waals surface area (Å²) in [5.41, 5.74) is 8.83. The monoisotopic (exact) mass is 190 g/mol. The molecule has 1 heterocycles. The SMILES string of the molecule is Cc1cccc(C2(CN)CN(C)C2)c1. The predicted molar refractivity (Wildman–Crippen MR) is 59.4 cm³/mol. The Bertz CT molecular complexity index is 327. The van der Waals surface area contributed by atoms with Crippen molar-refractivity contribution in [2.45, 2.75) is 12.3 Å². The summed E-state index contributed by atoms with van der Waals surface area (Å²) >= 11 is 0. The molecule has 0 atom stereocenters. The molecule has 1 saturated heterocycles. The maximum absolute atomic E-state index is 5.89. The summed E-state index contributed by atoms with van der Waals surface area (Å²) < 4.78 is 0. The van der Waals surface area contributed by atoms with Gasteiger partial charge in [0.25, 0.3) is 0 Å². The van der Waals surface area contributed by atoms with Gasteiger partial charge in [-0.2, -0.15) is 0 Å². The molecule has 1 aromatic rings. The molecule has 0 saturated carbocycles. The lowest BCUT2D eigenvalue weighted by Gasteiger charge is -2.48. The highest BCUT2D eigenvalue weighted by molar-refractivity contribution is 5.33. The van der Waals surface area contributed by atoms with Crippen molar-refractivity contribution in [1.82, 2.24) is 4.90 Å². The fourth-order valence-electron chi connectivity index (χ4n) is 2.39. The molecule has 1 aliphatic rings. The third kappa shape index (κ3) is 1.45. The minimum atomic E-state index is 0.223. The van der Waals surface area contributed by atoms with Gasteiger partial charge in [0.1, 0.15) is 0 Å². The number of hydrogen-bond donors (Lipinski definition) is 1. The smallest absolute Gasteiger partial charge is 0.0329 e. The number of benzene rings is 1. The average Bonchev–Trinajstić information content (AvgIpc) is 2.12. The average molecular weight is 190 g/mol. The number of rotatable bonds is 2. The molecule has 0 spiro atoms. The first-order chi connectivity index (χ1) is 6.66. The van der Waals surface area contributed by atoms with Gasteiger partial charge in [-0.15, -0.1) is 0 Å². The molecule has 0 amide bonds. The van der Waals surface area contributed by atoms with E-state index in [0.29, 0.717) is 0 Å². The molecule has 0 aromatic heterocycles. The van der Waals surface area contributed by atoms with Crippen LogP contribution in [0.3, 0.4) is 0 Å². The van der Waals surface area contributed by atoms with Crippen LogP contribution in [0.1, 0.15) is 11.1 Å². The van der Waals surface area contributed by atoms with Crippen LogP contribution in [0.2, 0.25) is 0 Å². The second kappa shape index (κ2) is 3.37. The quantitative estimate of drug-likeness (QED) is 0.757. The Kier molecular flexibility index (Phi) is 2.33. The lowest BCUT2D eigenvalue weighted by Crippen LogP contribution is -2.61. The van der Waals surface area contributed by atoms with E-state index in [9.17, 15) is 0 Å². The highest BCUT2D eigenvalue weighted by Crippen LogP contribution is 2.32. The Morgan fingerprint density at radius 2 is 2.14 bits per heavy atom. The topological polar surface area (TPSA) is 29.3 Å². The van der Waals surface area contributed by atoms with Crippen LogP contribution < -0.4 is 5.73 Å². The van der Waals surface area contributed by atoms with Crippen molar-refractivity contribution in [2.24, 2.45) is 5.73 Å². The minimum absolute atomic E-state index is 0.223. The Labute approximate surface area is 85.7 Å². The van der Waals surface area contributed by atoms with Crippen LogP contribution in [0.4, 0.5) is 0 Å². The Hall–Kier alpha value is -0.860. The van der Waals surface area contributed by atoms with Crippen molar-refractivity contribution in [3.8, 4) is 0 Å². The molecule has 2 heteroatoms. The van der Waals surface area contributed by atoms with E-state index in [1.165, 1.54) is 11.1 Å². The third-order valence-electron chi connectivity index (χ3n) is 3.17. The van der Waals surface area contributed by atoms with Crippen molar-refractivity contribution in [2.75, 3.05) is 26.7 Å². The van der Waals surface area contributed by atoms with Crippen molar-refractivity contribution < 1.29 is 0 Å². The highest BCUT2D eigenvalue weighted by Gasteiger charge is 2.41. The molecule has 76 valence electrons. The zero-order chi connectivity index (χ0) is 10.2. The lowest BCUT2D eigenvalue weighted by molar-refractivity contribution is 0.100. The molecule has 0 unspecified atom stereocenters. The standard InChI is InChI=1S/C12H18N2/c1-10-4-3-5-11(6-10)12(7-13)8-14(2)9-12/h3-6H,7-9,13H2,1-2H3. The second-order valence-corrected chi connectivity index (χ2v) is 4.53. The van der Waals surface area contributed by atoms with Crippen LogP contribution in [0.5, 0.6) is 0 Å². The Balaban J connectivity index is 2.29. The lowest BCUT2D eigenvalue weighted by atomic mass is 9.74. The van der Waals surface area contributed by atoms with E-state index >= 15 is 0 Å². The maximum atomic E-state index is 5.89. The number of likely N-dealkylation sites (N-methyl/N-ethyl adjacent to an activating group) is 1. The number of nitrogens with two attached hydrogens (primary N) is 1. The van der Waals surface area contributed by atoms with E-state index < -0.39 is 0 Å². The fraction of sp³-hybridized carbons (Fsp3) is 0.500. The van der Waals surface area contributed by atoms with Gasteiger partial charge >= 0.3 is 0 Å². The minimum Gasteiger partial charge on any atom is -0.329 e. The van der Waals surface area contributed by atoms with Crippen LogP contribution >= 0.6 is 0 Å². The maximum Gasteiger partial charge on any atom is 0.0329 e. The van der Waals surface area contributed by atoms with E-state index in [2.05, 4.69) is 43.1 Å². The van der Waals surface area contributed by atoms with E-state index in [-0.39, 0.29) is 5.41 Å². The van der Waals surface area contributed by atoms with Crippen LogP contribution in [0, 0.1) is 6.92 Å². The molecule has 0 aliphatic carbocycles. The fourth-order valence-corrected chi connectivity index (χ4v) is 2.39. The summed E-state index contributed by atoms with van der Waals surface area (Å²) in [5, 5.41) is 0. The summed E-state index contributed by atoms with van der Waals surface area (Å²) in [6.45, 7) is 5.07. The molecule has 2 rings (SSSR count). The van der Waals surface area contributed by atoms with Gasteiger partial charge in [-0.25, -0.2) is 0 Å². The third-order valence-corrected chi connectivity index (χ3v) is 3.17. The molecule has 1 aliphatic heterocycles. The number of hydrogen-bond acceptors (Lipinski definition) is 2. The molecular formula is C12H18N2. The number of likely N-dealkylation sites (tertiary alicyclic amines) is 1. The molecule has 0 bridgehead atoms. The molecule has 14 heavy (non-hydrogen) atoms. The summed E-state index contributed by atoms with van der Waals surface area (Å²) in [7, 11) is 2.14. The first-order valence-corrected chi connectivity index (χ1v) is 5.12. The van der Waals surface area contributed by atoms with Gasteiger partial charge < -0.3 is 10.6 Å². The zero-order valence-corrected chi connectivity index (χ0v) is 8.96. The summed E-state index contributed by atoms with van der Waals surface area (Å²) in [4.78, 5) is 2.31. The van der Waals surface area contributed by atoms with Crippen LogP contribution in [-0.4, -0.2) is 31.6 Å². The predicted octanol–water partition coefficient (Wildman–Crippen LogP) is 1.14. The van der Waals surface area contributed by atoms with Gasteiger partial charge in [-0.1, -0.05) is 29.8 Å². The summed E-state index contributed by atoms with van der Waals surface area (Å²) in [5.74, 6) is 0.